The molecule has 7 heteroatoms. The average molecular weight is 421 g/mol. The van der Waals surface area contributed by atoms with Gasteiger partial charge in [0.25, 0.3) is 11.8 Å². The molecule has 31 heavy (non-hydrogen) atoms. The number of methoxy groups -OCH3 is 2. The zero-order valence-corrected chi connectivity index (χ0v) is 18.1. The highest BCUT2D eigenvalue weighted by atomic mass is 16.5. The lowest BCUT2D eigenvalue weighted by Gasteiger charge is -2.32. The third kappa shape index (κ3) is 4.00. The van der Waals surface area contributed by atoms with E-state index in [-0.39, 0.29) is 18.4 Å². The maximum Gasteiger partial charge on any atom is 0.278 e. The molecule has 1 fully saturated rings. The molecule has 2 aliphatic heterocycles. The van der Waals surface area contributed by atoms with Gasteiger partial charge >= 0.3 is 0 Å². The van der Waals surface area contributed by atoms with Crippen LogP contribution in [0.4, 0.5) is 0 Å². The van der Waals surface area contributed by atoms with Gasteiger partial charge in [-0.2, -0.15) is 0 Å². The Kier molecular flexibility index (Phi) is 5.93. The zero-order chi connectivity index (χ0) is 22.0. The molecule has 0 saturated carbocycles. The first kappa shape index (κ1) is 20.9. The van der Waals surface area contributed by atoms with Crippen LogP contribution in [0, 0.1) is 5.92 Å². The molecule has 0 radical (unpaired) electrons. The second-order valence-electron chi connectivity index (χ2n) is 8.02. The Morgan fingerprint density at radius 3 is 2.42 bits per heavy atom. The Hall–Kier alpha value is -3.35. The third-order valence-electron chi connectivity index (χ3n) is 5.98. The van der Waals surface area contributed by atoms with E-state index in [4.69, 9.17) is 9.47 Å². The van der Waals surface area contributed by atoms with Gasteiger partial charge in [0.15, 0.2) is 11.5 Å². The second kappa shape index (κ2) is 8.79. The van der Waals surface area contributed by atoms with E-state index in [1.807, 2.05) is 12.1 Å². The molecule has 1 aromatic carbocycles. The lowest BCUT2D eigenvalue weighted by atomic mass is 9.97. The summed E-state index contributed by atoms with van der Waals surface area (Å²) in [6.45, 7) is 3.92. The van der Waals surface area contributed by atoms with Crippen LogP contribution >= 0.6 is 0 Å². The number of piperidine rings is 1. The Morgan fingerprint density at radius 1 is 1.03 bits per heavy atom. The molecule has 4 rings (SSSR count). The molecule has 7 nitrogen and oxygen atoms in total. The van der Waals surface area contributed by atoms with Gasteiger partial charge in [-0.05, 0) is 48.1 Å². The number of carbonyl (C=O) groups excluding carboxylic acids is 2. The van der Waals surface area contributed by atoms with Gasteiger partial charge in [-0.1, -0.05) is 19.1 Å². The predicted molar refractivity (Wildman–Crippen MR) is 116 cm³/mol. The monoisotopic (exact) mass is 421 g/mol. The van der Waals surface area contributed by atoms with Crippen LogP contribution in [-0.2, 0) is 16.1 Å². The Morgan fingerprint density at radius 2 is 1.77 bits per heavy atom. The molecule has 3 heterocycles. The predicted octanol–water partition coefficient (Wildman–Crippen LogP) is 3.11. The lowest BCUT2D eigenvalue weighted by Crippen LogP contribution is -2.38. The quantitative estimate of drug-likeness (QED) is 0.668. The highest BCUT2D eigenvalue weighted by Gasteiger charge is 2.42. The molecule has 1 saturated heterocycles. The highest BCUT2D eigenvalue weighted by Crippen LogP contribution is 2.37. The molecule has 0 bridgehead atoms. The van der Waals surface area contributed by atoms with Crippen molar-refractivity contribution >= 4 is 17.4 Å². The number of nitrogens with zero attached hydrogens (tertiary/aromatic N) is 3. The summed E-state index contributed by atoms with van der Waals surface area (Å²) in [4.78, 5) is 34.5. The van der Waals surface area contributed by atoms with Crippen LogP contribution < -0.4 is 9.47 Å². The van der Waals surface area contributed by atoms with Crippen LogP contribution in [0.25, 0.3) is 5.57 Å². The third-order valence-corrected chi connectivity index (χ3v) is 5.98. The van der Waals surface area contributed by atoms with E-state index < -0.39 is 0 Å². The molecule has 0 N–H and O–H groups in total. The smallest absolute Gasteiger partial charge is 0.278 e. The van der Waals surface area contributed by atoms with Gasteiger partial charge in [0, 0.05) is 25.5 Å². The van der Waals surface area contributed by atoms with Crippen molar-refractivity contribution in [1.29, 1.82) is 0 Å². The number of aromatic nitrogens is 1. The van der Waals surface area contributed by atoms with Crippen LogP contribution in [0.15, 0.2) is 48.4 Å². The molecular weight excluding hydrogens is 394 g/mol. The van der Waals surface area contributed by atoms with E-state index in [1.54, 1.807) is 44.8 Å². The van der Waals surface area contributed by atoms with Crippen LogP contribution in [0.5, 0.6) is 11.5 Å². The average Bonchev–Trinajstić information content (AvgIpc) is 3.04. The van der Waals surface area contributed by atoms with Crippen molar-refractivity contribution in [3.63, 3.8) is 0 Å². The van der Waals surface area contributed by atoms with E-state index in [0.717, 1.165) is 31.5 Å². The minimum absolute atomic E-state index is 0.191. The lowest BCUT2D eigenvalue weighted by molar-refractivity contribution is -0.138. The van der Waals surface area contributed by atoms with Crippen molar-refractivity contribution in [2.75, 3.05) is 27.3 Å². The fourth-order valence-corrected chi connectivity index (χ4v) is 4.16. The first-order valence-corrected chi connectivity index (χ1v) is 10.5. The second-order valence-corrected chi connectivity index (χ2v) is 8.02. The summed E-state index contributed by atoms with van der Waals surface area (Å²) in [6, 6.07) is 9.00. The Labute approximate surface area is 182 Å². The van der Waals surface area contributed by atoms with Crippen LogP contribution in [0.1, 0.15) is 30.9 Å². The standard InChI is InChI=1S/C24H27N3O4/c1-16-8-11-26(12-9-16)22-21(18-6-7-19(30-2)20(13-18)31-3)23(28)27(24(22)29)15-17-5-4-10-25-14-17/h4-7,10,13-14,16H,8-9,11-12,15H2,1-3H3. The van der Waals surface area contributed by atoms with E-state index >= 15 is 0 Å². The summed E-state index contributed by atoms with van der Waals surface area (Å²) in [5.41, 5.74) is 2.36. The summed E-state index contributed by atoms with van der Waals surface area (Å²) in [6.07, 6.45) is 5.33. The topological polar surface area (TPSA) is 72.0 Å². The molecule has 2 aliphatic rings. The number of hydrogen-bond acceptors (Lipinski definition) is 6. The Bertz CT molecular complexity index is 1010. The van der Waals surface area contributed by atoms with Gasteiger partial charge in [-0.15, -0.1) is 0 Å². The van der Waals surface area contributed by atoms with E-state index in [9.17, 15) is 9.59 Å². The SMILES string of the molecule is COc1ccc(C2=C(N3CCC(C)CC3)C(=O)N(Cc3cccnc3)C2=O)cc1OC. The number of imide groups is 1. The number of carbonyl (C=O) groups is 2. The molecule has 0 aliphatic carbocycles. The maximum absolute atomic E-state index is 13.5. The normalized spacial score (nSPS) is 17.5. The van der Waals surface area contributed by atoms with E-state index in [1.165, 1.54) is 4.90 Å². The van der Waals surface area contributed by atoms with Crippen molar-refractivity contribution in [3.8, 4) is 11.5 Å². The van der Waals surface area contributed by atoms with Gasteiger partial charge in [0.05, 0.1) is 26.3 Å². The first-order valence-electron chi connectivity index (χ1n) is 10.5. The fourth-order valence-electron chi connectivity index (χ4n) is 4.16. The van der Waals surface area contributed by atoms with Gasteiger partial charge in [-0.25, -0.2) is 0 Å². The van der Waals surface area contributed by atoms with Crippen molar-refractivity contribution in [2.45, 2.75) is 26.3 Å². The highest BCUT2D eigenvalue weighted by molar-refractivity contribution is 6.35. The molecule has 2 amide bonds. The largest absolute Gasteiger partial charge is 0.493 e. The summed E-state index contributed by atoms with van der Waals surface area (Å²) < 4.78 is 10.8. The molecule has 0 spiro atoms. The summed E-state index contributed by atoms with van der Waals surface area (Å²) >= 11 is 0. The number of amides is 2. The first-order chi connectivity index (χ1) is 15.0. The molecule has 1 aromatic heterocycles. The minimum Gasteiger partial charge on any atom is -0.493 e. The van der Waals surface area contributed by atoms with E-state index in [0.29, 0.717) is 34.3 Å². The maximum atomic E-state index is 13.5. The Balaban J connectivity index is 1.76. The molecular formula is C24H27N3O4. The molecule has 162 valence electrons. The van der Waals surface area contributed by atoms with Gasteiger partial charge in [0.1, 0.15) is 5.70 Å². The molecule has 0 unspecified atom stereocenters. The summed E-state index contributed by atoms with van der Waals surface area (Å²) in [7, 11) is 3.12. The van der Waals surface area contributed by atoms with Crippen LogP contribution in [0.2, 0.25) is 0 Å². The number of ether oxygens (including phenoxy) is 2. The number of rotatable bonds is 6. The molecule has 0 atom stereocenters. The zero-order valence-electron chi connectivity index (χ0n) is 18.1. The minimum atomic E-state index is -0.297. The van der Waals surface area contributed by atoms with Crippen LogP contribution in [0.3, 0.4) is 0 Å². The summed E-state index contributed by atoms with van der Waals surface area (Å²) in [5, 5.41) is 0. The van der Waals surface area contributed by atoms with Crippen LogP contribution in [-0.4, -0.2) is 53.9 Å². The van der Waals surface area contributed by atoms with Gasteiger partial charge in [0.2, 0.25) is 0 Å². The van der Waals surface area contributed by atoms with Gasteiger partial charge < -0.3 is 14.4 Å². The summed E-state index contributed by atoms with van der Waals surface area (Å²) in [5.74, 6) is 1.15. The fraction of sp³-hybridized carbons (Fsp3) is 0.375. The number of likely N-dealkylation sites (tertiary alicyclic amines) is 1. The number of hydrogen-bond donors (Lipinski definition) is 0. The number of pyridine rings is 1. The van der Waals surface area contributed by atoms with Crippen molar-refractivity contribution < 1.29 is 19.1 Å². The van der Waals surface area contributed by atoms with Crippen molar-refractivity contribution in [3.05, 3.63) is 59.5 Å². The van der Waals surface area contributed by atoms with Crippen molar-refractivity contribution in [1.82, 2.24) is 14.8 Å². The molecule has 2 aromatic rings. The van der Waals surface area contributed by atoms with Gasteiger partial charge in [-0.3, -0.25) is 19.5 Å². The van der Waals surface area contributed by atoms with Crippen molar-refractivity contribution in [2.24, 2.45) is 5.92 Å². The van der Waals surface area contributed by atoms with E-state index in [2.05, 4.69) is 16.8 Å². The number of benzene rings is 1.